The van der Waals surface area contributed by atoms with Gasteiger partial charge in [0.05, 0.1) is 5.02 Å². The number of benzene rings is 1. The molecule has 1 aromatic heterocycles. The van der Waals surface area contributed by atoms with Crippen LogP contribution < -0.4 is 0 Å². The normalized spacial score (nSPS) is 10.9. The van der Waals surface area contributed by atoms with Gasteiger partial charge in [0.25, 0.3) is 0 Å². The molecule has 0 aliphatic carbocycles. The minimum atomic E-state index is 0.0613. The number of phenols is 1. The third kappa shape index (κ3) is 1.38. The summed E-state index contributed by atoms with van der Waals surface area (Å²) in [6.07, 6.45) is 0.840. The molecule has 0 atom stereocenters. The van der Waals surface area contributed by atoms with Crippen molar-refractivity contribution in [2.24, 2.45) is 0 Å². The Morgan fingerprint density at radius 1 is 1.38 bits per heavy atom. The minimum Gasteiger partial charge on any atom is -0.506 e. The van der Waals surface area contributed by atoms with E-state index in [0.29, 0.717) is 10.6 Å². The molecule has 2 aromatic rings. The lowest BCUT2D eigenvalue weighted by Crippen LogP contribution is -1.67. The lowest BCUT2D eigenvalue weighted by atomic mass is 10.2. The fourth-order valence-corrected chi connectivity index (χ4v) is 1.45. The zero-order valence-electron chi connectivity index (χ0n) is 7.17. The molecule has 13 heavy (non-hydrogen) atoms. The molecule has 2 nitrogen and oxygen atoms in total. The first kappa shape index (κ1) is 8.45. The van der Waals surface area contributed by atoms with Crippen LogP contribution in [-0.4, -0.2) is 5.11 Å². The number of phenolic OH excluding ortho intramolecular Hbond substituents is 1. The molecular formula is C10H9ClO2. The van der Waals surface area contributed by atoms with Gasteiger partial charge in [0.15, 0.2) is 0 Å². The van der Waals surface area contributed by atoms with Crippen molar-refractivity contribution in [1.82, 2.24) is 0 Å². The average molecular weight is 197 g/mol. The standard InChI is InChI=1S/C10H9ClO2/c1-2-7-3-6-4-8(11)9(12)5-10(6)13-7/h3-5,12H,2H2,1H3. The fraction of sp³-hybridized carbons (Fsp3) is 0.200. The van der Waals surface area contributed by atoms with E-state index >= 15 is 0 Å². The number of hydrogen-bond acceptors (Lipinski definition) is 2. The summed E-state index contributed by atoms with van der Waals surface area (Å²) in [5.74, 6) is 0.961. The average Bonchev–Trinajstić information content (AvgIpc) is 2.48. The van der Waals surface area contributed by atoms with E-state index in [0.717, 1.165) is 17.6 Å². The second-order valence-corrected chi connectivity index (χ2v) is 3.31. The number of hydrogen-bond donors (Lipinski definition) is 1. The number of fused-ring (bicyclic) bond motifs is 1. The molecule has 68 valence electrons. The van der Waals surface area contributed by atoms with Crippen molar-refractivity contribution in [3.8, 4) is 5.75 Å². The van der Waals surface area contributed by atoms with Crippen molar-refractivity contribution in [3.63, 3.8) is 0 Å². The zero-order valence-corrected chi connectivity index (χ0v) is 7.93. The Morgan fingerprint density at radius 2 is 2.15 bits per heavy atom. The Bertz CT molecular complexity index is 406. The molecule has 0 aliphatic rings. The summed E-state index contributed by atoms with van der Waals surface area (Å²) in [6, 6.07) is 5.17. The largest absolute Gasteiger partial charge is 0.506 e. The van der Waals surface area contributed by atoms with Crippen molar-refractivity contribution < 1.29 is 9.52 Å². The van der Waals surface area contributed by atoms with Gasteiger partial charge < -0.3 is 9.52 Å². The molecule has 0 bridgehead atoms. The lowest BCUT2D eigenvalue weighted by molar-refractivity contribution is 0.474. The number of rotatable bonds is 1. The van der Waals surface area contributed by atoms with Crippen LogP contribution in [0, 0.1) is 0 Å². The molecule has 0 saturated heterocycles. The Kier molecular flexibility index (Phi) is 1.93. The summed E-state index contributed by atoms with van der Waals surface area (Å²) in [4.78, 5) is 0. The molecule has 0 saturated carbocycles. The van der Waals surface area contributed by atoms with Crippen LogP contribution in [0.2, 0.25) is 5.02 Å². The lowest BCUT2D eigenvalue weighted by Gasteiger charge is -1.94. The van der Waals surface area contributed by atoms with Crippen LogP contribution in [0.15, 0.2) is 22.6 Å². The van der Waals surface area contributed by atoms with E-state index in [1.807, 2.05) is 13.0 Å². The molecule has 0 spiro atoms. The summed E-state index contributed by atoms with van der Waals surface area (Å²) in [7, 11) is 0. The van der Waals surface area contributed by atoms with Crippen molar-refractivity contribution in [2.75, 3.05) is 0 Å². The molecule has 1 N–H and O–H groups in total. The molecule has 0 fully saturated rings. The summed E-state index contributed by atoms with van der Waals surface area (Å²) in [5, 5.41) is 10.6. The van der Waals surface area contributed by atoms with Crippen LogP contribution in [0.25, 0.3) is 11.0 Å². The van der Waals surface area contributed by atoms with Crippen LogP contribution in [0.4, 0.5) is 0 Å². The van der Waals surface area contributed by atoms with Gasteiger partial charge in [0, 0.05) is 17.9 Å². The summed E-state index contributed by atoms with van der Waals surface area (Å²) in [6.45, 7) is 2.01. The fourth-order valence-electron chi connectivity index (χ4n) is 1.28. The van der Waals surface area contributed by atoms with E-state index < -0.39 is 0 Å². The number of aryl methyl sites for hydroxylation is 1. The first-order valence-electron chi connectivity index (χ1n) is 4.11. The van der Waals surface area contributed by atoms with E-state index in [-0.39, 0.29) is 5.75 Å². The van der Waals surface area contributed by atoms with Crippen LogP contribution in [0.3, 0.4) is 0 Å². The maximum atomic E-state index is 9.31. The topological polar surface area (TPSA) is 33.4 Å². The monoisotopic (exact) mass is 196 g/mol. The summed E-state index contributed by atoms with van der Waals surface area (Å²) >= 11 is 5.75. The van der Waals surface area contributed by atoms with Crippen LogP contribution in [0.1, 0.15) is 12.7 Å². The third-order valence-electron chi connectivity index (χ3n) is 1.99. The van der Waals surface area contributed by atoms with Gasteiger partial charge in [0.2, 0.25) is 0 Å². The van der Waals surface area contributed by atoms with Crippen LogP contribution in [-0.2, 0) is 6.42 Å². The molecular weight excluding hydrogens is 188 g/mol. The number of aromatic hydroxyl groups is 1. The van der Waals surface area contributed by atoms with Gasteiger partial charge in [-0.05, 0) is 12.1 Å². The molecule has 0 amide bonds. The van der Waals surface area contributed by atoms with E-state index in [1.54, 1.807) is 6.07 Å². The summed E-state index contributed by atoms with van der Waals surface area (Å²) in [5.41, 5.74) is 0.679. The highest BCUT2D eigenvalue weighted by atomic mass is 35.5. The van der Waals surface area contributed by atoms with Crippen molar-refractivity contribution in [2.45, 2.75) is 13.3 Å². The van der Waals surface area contributed by atoms with Gasteiger partial charge in [0.1, 0.15) is 17.1 Å². The molecule has 2 rings (SSSR count). The Hall–Kier alpha value is -1.15. The quantitative estimate of drug-likeness (QED) is 0.759. The maximum absolute atomic E-state index is 9.31. The van der Waals surface area contributed by atoms with E-state index in [4.69, 9.17) is 16.0 Å². The van der Waals surface area contributed by atoms with Gasteiger partial charge in [-0.1, -0.05) is 18.5 Å². The summed E-state index contributed by atoms with van der Waals surface area (Å²) < 4.78 is 5.43. The van der Waals surface area contributed by atoms with Crippen molar-refractivity contribution in [1.29, 1.82) is 0 Å². The smallest absolute Gasteiger partial charge is 0.138 e. The number of furan rings is 1. The molecule has 0 unspecified atom stereocenters. The highest BCUT2D eigenvalue weighted by molar-refractivity contribution is 6.32. The SMILES string of the molecule is CCc1cc2cc(Cl)c(O)cc2o1. The highest BCUT2D eigenvalue weighted by Crippen LogP contribution is 2.30. The Morgan fingerprint density at radius 3 is 2.85 bits per heavy atom. The van der Waals surface area contributed by atoms with Gasteiger partial charge >= 0.3 is 0 Å². The Labute approximate surface area is 80.7 Å². The van der Waals surface area contributed by atoms with Gasteiger partial charge in [-0.2, -0.15) is 0 Å². The van der Waals surface area contributed by atoms with E-state index in [1.165, 1.54) is 6.07 Å². The van der Waals surface area contributed by atoms with Gasteiger partial charge in [-0.15, -0.1) is 0 Å². The Balaban J connectivity index is 2.70. The second kappa shape index (κ2) is 2.96. The first-order valence-corrected chi connectivity index (χ1v) is 4.49. The highest BCUT2D eigenvalue weighted by Gasteiger charge is 2.06. The molecule has 0 aliphatic heterocycles. The molecule has 1 aromatic carbocycles. The first-order chi connectivity index (χ1) is 6.20. The third-order valence-corrected chi connectivity index (χ3v) is 2.29. The van der Waals surface area contributed by atoms with E-state index in [2.05, 4.69) is 0 Å². The van der Waals surface area contributed by atoms with Gasteiger partial charge in [-0.25, -0.2) is 0 Å². The van der Waals surface area contributed by atoms with Crippen molar-refractivity contribution in [3.05, 3.63) is 29.0 Å². The predicted octanol–water partition coefficient (Wildman–Crippen LogP) is 3.35. The van der Waals surface area contributed by atoms with Crippen LogP contribution >= 0.6 is 11.6 Å². The minimum absolute atomic E-state index is 0.0613. The van der Waals surface area contributed by atoms with Gasteiger partial charge in [-0.3, -0.25) is 0 Å². The van der Waals surface area contributed by atoms with E-state index in [9.17, 15) is 5.11 Å². The maximum Gasteiger partial charge on any atom is 0.138 e. The second-order valence-electron chi connectivity index (χ2n) is 2.91. The predicted molar refractivity (Wildman–Crippen MR) is 52.3 cm³/mol. The zero-order chi connectivity index (χ0) is 9.42. The van der Waals surface area contributed by atoms with Crippen molar-refractivity contribution >= 4 is 22.6 Å². The molecule has 1 heterocycles. The molecule has 0 radical (unpaired) electrons. The van der Waals surface area contributed by atoms with Crippen LogP contribution in [0.5, 0.6) is 5.75 Å². The molecule has 3 heteroatoms. The number of halogens is 1.